The maximum Gasteiger partial charge on any atom is 0.188 e. The van der Waals surface area contributed by atoms with Gasteiger partial charge in [0.05, 0.1) is 57.2 Å². The van der Waals surface area contributed by atoms with Crippen LogP contribution in [0, 0.1) is 29.2 Å². The minimum Gasteiger partial charge on any atom is -0.309 e. The molecule has 0 atom stereocenters. The Kier molecular flexibility index (Phi) is 6.56. The van der Waals surface area contributed by atoms with Crippen molar-refractivity contribution >= 4 is 49.3 Å². The van der Waals surface area contributed by atoms with Crippen LogP contribution in [0.4, 0.5) is 5.69 Å². The SMILES string of the molecule is [C-]#[N+]c1ccc2c(c1)c1cc(C#N)ccc1n2-c1ccccc1-c1ccccc1-c1ccc(-n2c3ccccc3c3ccccc32)c(C#N)c1. The average molecular weight is 636 g/mol. The van der Waals surface area contributed by atoms with Crippen molar-refractivity contribution in [1.29, 1.82) is 10.5 Å². The summed E-state index contributed by atoms with van der Waals surface area (Å²) < 4.78 is 4.41. The van der Waals surface area contributed by atoms with E-state index in [2.05, 4.69) is 98.9 Å². The van der Waals surface area contributed by atoms with Crippen LogP contribution >= 0.6 is 0 Å². The van der Waals surface area contributed by atoms with E-state index in [9.17, 15) is 10.5 Å². The van der Waals surface area contributed by atoms with E-state index in [1.54, 1.807) is 0 Å². The monoisotopic (exact) mass is 635 g/mol. The van der Waals surface area contributed by atoms with Crippen LogP contribution in [0.25, 0.3) is 82.1 Å². The van der Waals surface area contributed by atoms with Crippen molar-refractivity contribution in [2.45, 2.75) is 0 Å². The second-order valence-corrected chi connectivity index (χ2v) is 12.3. The fourth-order valence-corrected chi connectivity index (χ4v) is 7.45. The highest BCUT2D eigenvalue weighted by Crippen LogP contribution is 2.41. The summed E-state index contributed by atoms with van der Waals surface area (Å²) in [5.41, 5.74) is 11.5. The highest BCUT2D eigenvalue weighted by atomic mass is 15.0. The summed E-state index contributed by atoms with van der Waals surface area (Å²) in [6.45, 7) is 7.63. The van der Waals surface area contributed by atoms with Gasteiger partial charge in [0.2, 0.25) is 0 Å². The van der Waals surface area contributed by atoms with Crippen molar-refractivity contribution in [1.82, 2.24) is 9.13 Å². The van der Waals surface area contributed by atoms with Crippen LogP contribution in [0.1, 0.15) is 11.1 Å². The fraction of sp³-hybridized carbons (Fsp3) is 0. The molecule has 0 saturated carbocycles. The van der Waals surface area contributed by atoms with Gasteiger partial charge in [0.1, 0.15) is 6.07 Å². The highest BCUT2D eigenvalue weighted by Gasteiger charge is 2.20. The van der Waals surface area contributed by atoms with E-state index in [-0.39, 0.29) is 0 Å². The van der Waals surface area contributed by atoms with Crippen molar-refractivity contribution in [2.24, 2.45) is 0 Å². The van der Waals surface area contributed by atoms with Crippen LogP contribution in [0.5, 0.6) is 0 Å². The summed E-state index contributed by atoms with van der Waals surface area (Å²) in [7, 11) is 0. The Labute approximate surface area is 288 Å². The minimum atomic E-state index is 0.551. The predicted octanol–water partition coefficient (Wildman–Crippen LogP) is 11.5. The summed E-state index contributed by atoms with van der Waals surface area (Å²) in [6.07, 6.45) is 0. The lowest BCUT2D eigenvalue weighted by atomic mass is 9.92. The van der Waals surface area contributed by atoms with Crippen LogP contribution in [-0.2, 0) is 0 Å². The van der Waals surface area contributed by atoms with E-state index in [4.69, 9.17) is 6.57 Å². The molecule has 0 aliphatic carbocycles. The zero-order valence-corrected chi connectivity index (χ0v) is 26.7. The number of nitriles is 2. The van der Waals surface area contributed by atoms with Crippen LogP contribution < -0.4 is 0 Å². The second-order valence-electron chi connectivity index (χ2n) is 12.3. The maximum absolute atomic E-state index is 10.6. The van der Waals surface area contributed by atoms with Crippen molar-refractivity contribution in [3.8, 4) is 45.8 Å². The molecule has 0 aliphatic rings. The molecule has 0 fully saturated rings. The van der Waals surface area contributed by atoms with E-state index >= 15 is 0 Å². The van der Waals surface area contributed by atoms with Gasteiger partial charge in [0.25, 0.3) is 0 Å². The average Bonchev–Trinajstić information content (AvgIpc) is 3.69. The molecule has 9 rings (SSSR count). The summed E-state index contributed by atoms with van der Waals surface area (Å²) in [6, 6.07) is 55.7. The first-order valence-electron chi connectivity index (χ1n) is 16.3. The Morgan fingerprint density at radius 2 is 1.04 bits per heavy atom. The van der Waals surface area contributed by atoms with E-state index in [1.807, 2.05) is 78.9 Å². The Morgan fingerprint density at radius 1 is 0.460 bits per heavy atom. The first-order valence-corrected chi connectivity index (χ1v) is 16.3. The maximum atomic E-state index is 10.6. The molecule has 50 heavy (non-hydrogen) atoms. The molecule has 5 heteroatoms. The summed E-state index contributed by atoms with van der Waals surface area (Å²) >= 11 is 0. The summed E-state index contributed by atoms with van der Waals surface area (Å²) in [5, 5.41) is 24.4. The third-order valence-corrected chi connectivity index (χ3v) is 9.62. The van der Waals surface area contributed by atoms with E-state index < -0.39 is 0 Å². The standard InChI is InChI=1S/C45H25N5/c1-48-32-20-23-45-39(26-32)38-24-29(27-46)18-21-44(38)50(45)41-15-7-4-12-35(41)34-11-3-2-10-33(34)30-19-22-40(31(25-30)28-47)49-42-16-8-5-13-36(42)37-14-6-9-17-43(37)49/h2-26H. The normalized spacial score (nSPS) is 11.1. The number of benzene rings is 7. The van der Waals surface area contributed by atoms with E-state index in [0.717, 1.165) is 77.2 Å². The van der Waals surface area contributed by atoms with Gasteiger partial charge in [-0.15, -0.1) is 0 Å². The largest absolute Gasteiger partial charge is 0.309 e. The lowest BCUT2D eigenvalue weighted by Crippen LogP contribution is -1.99. The Bertz CT molecular complexity index is 2850. The van der Waals surface area contributed by atoms with E-state index in [1.165, 1.54) is 0 Å². The van der Waals surface area contributed by atoms with Gasteiger partial charge in [-0.3, -0.25) is 0 Å². The zero-order valence-electron chi connectivity index (χ0n) is 26.7. The molecule has 7 aromatic carbocycles. The molecule has 0 saturated heterocycles. The molecule has 0 aliphatic heterocycles. The van der Waals surface area contributed by atoms with Crippen molar-refractivity contribution < 1.29 is 0 Å². The van der Waals surface area contributed by atoms with Crippen LogP contribution in [0.2, 0.25) is 0 Å². The first kappa shape index (κ1) is 28.8. The first-order chi connectivity index (χ1) is 24.7. The molecule has 5 nitrogen and oxygen atoms in total. The van der Waals surface area contributed by atoms with Gasteiger partial charge < -0.3 is 9.13 Å². The molecule has 0 radical (unpaired) electrons. The van der Waals surface area contributed by atoms with Gasteiger partial charge in [0, 0.05) is 21.7 Å². The van der Waals surface area contributed by atoms with Crippen LogP contribution in [0.15, 0.2) is 152 Å². The summed E-state index contributed by atoms with van der Waals surface area (Å²) in [4.78, 5) is 3.68. The number of aromatic nitrogens is 2. The molecule has 9 aromatic rings. The Morgan fingerprint density at radius 3 is 1.74 bits per heavy atom. The van der Waals surface area contributed by atoms with Crippen molar-refractivity contribution in [2.75, 3.05) is 0 Å². The van der Waals surface area contributed by atoms with Crippen molar-refractivity contribution in [3.63, 3.8) is 0 Å². The molecular formula is C45H25N5. The number of rotatable bonds is 4. The van der Waals surface area contributed by atoms with Gasteiger partial charge in [0.15, 0.2) is 5.69 Å². The number of nitrogens with zero attached hydrogens (tertiary/aromatic N) is 5. The van der Waals surface area contributed by atoms with E-state index in [0.29, 0.717) is 16.8 Å². The lowest BCUT2D eigenvalue weighted by molar-refractivity contribution is 1.17. The van der Waals surface area contributed by atoms with Crippen LogP contribution in [0.3, 0.4) is 0 Å². The van der Waals surface area contributed by atoms with Crippen LogP contribution in [-0.4, -0.2) is 9.13 Å². The van der Waals surface area contributed by atoms with Gasteiger partial charge in [-0.05, 0) is 82.7 Å². The minimum absolute atomic E-state index is 0.551. The predicted molar refractivity (Wildman–Crippen MR) is 202 cm³/mol. The second kappa shape index (κ2) is 11.4. The molecule has 0 N–H and O–H groups in total. The quantitative estimate of drug-likeness (QED) is 0.181. The third kappa shape index (κ3) is 4.31. The molecule has 2 aromatic heterocycles. The molecular weight excluding hydrogens is 611 g/mol. The Hall–Kier alpha value is -7.39. The molecule has 2 heterocycles. The molecule has 0 amide bonds. The molecule has 0 spiro atoms. The Balaban J connectivity index is 1.25. The number of hydrogen-bond donors (Lipinski definition) is 0. The van der Waals surface area contributed by atoms with Gasteiger partial charge >= 0.3 is 0 Å². The number of fused-ring (bicyclic) bond motifs is 6. The summed E-state index contributed by atoms with van der Waals surface area (Å²) in [5.74, 6) is 0. The van der Waals surface area contributed by atoms with Gasteiger partial charge in [-0.25, -0.2) is 4.85 Å². The lowest BCUT2D eigenvalue weighted by Gasteiger charge is -2.18. The number of hydrogen-bond acceptors (Lipinski definition) is 2. The molecule has 0 unspecified atom stereocenters. The topological polar surface area (TPSA) is 61.8 Å². The third-order valence-electron chi connectivity index (χ3n) is 9.62. The highest BCUT2D eigenvalue weighted by molar-refractivity contribution is 6.12. The molecule has 0 bridgehead atoms. The number of para-hydroxylation sites is 3. The zero-order chi connectivity index (χ0) is 33.8. The fourth-order valence-electron chi connectivity index (χ4n) is 7.45. The van der Waals surface area contributed by atoms with Crippen molar-refractivity contribution in [3.05, 3.63) is 174 Å². The van der Waals surface area contributed by atoms with Gasteiger partial charge in [-0.1, -0.05) is 91.0 Å². The smallest absolute Gasteiger partial charge is 0.188 e. The molecule has 230 valence electrons. The van der Waals surface area contributed by atoms with Gasteiger partial charge in [-0.2, -0.15) is 10.5 Å².